The van der Waals surface area contributed by atoms with Crippen LogP contribution in [0, 0.1) is 0 Å². The van der Waals surface area contributed by atoms with E-state index in [0.29, 0.717) is 27.2 Å². The molecule has 1 unspecified atom stereocenters. The molecule has 0 aliphatic carbocycles. The predicted octanol–water partition coefficient (Wildman–Crippen LogP) is 6.23. The molecule has 1 amide bonds. The number of aliphatic hydroxyl groups excluding tert-OH is 1. The molecule has 33 heavy (non-hydrogen) atoms. The third kappa shape index (κ3) is 3.53. The van der Waals surface area contributed by atoms with E-state index in [1.54, 1.807) is 48.5 Å². The summed E-state index contributed by atoms with van der Waals surface area (Å²) in [5.41, 5.74) is 1.12. The number of halogens is 2. The molecule has 1 aromatic heterocycles. The average molecular weight is 480 g/mol. The summed E-state index contributed by atoms with van der Waals surface area (Å²) in [6.45, 7) is 0. The lowest BCUT2D eigenvalue weighted by Gasteiger charge is -2.27. The van der Waals surface area contributed by atoms with Crippen LogP contribution in [-0.2, 0) is 4.79 Å². The quantitative estimate of drug-likeness (QED) is 0.338. The number of phenolic OH excluding ortho intramolecular Hbond substituents is 1. The van der Waals surface area contributed by atoms with Crippen LogP contribution in [0.15, 0.2) is 88.5 Å². The molecule has 2 N–H and O–H groups in total. The number of furan rings is 1. The molecule has 0 radical (unpaired) electrons. The molecule has 4 aromatic rings. The highest BCUT2D eigenvalue weighted by molar-refractivity contribution is 6.32. The Morgan fingerprint density at radius 3 is 2.45 bits per heavy atom. The number of aromatic hydroxyl groups is 1. The summed E-state index contributed by atoms with van der Waals surface area (Å²) in [6, 6.07) is 18.4. The van der Waals surface area contributed by atoms with Crippen LogP contribution in [0.2, 0.25) is 10.0 Å². The Hall–Kier alpha value is -3.74. The molecule has 0 bridgehead atoms. The maximum Gasteiger partial charge on any atom is 0.294 e. The van der Waals surface area contributed by atoms with E-state index in [2.05, 4.69) is 0 Å². The van der Waals surface area contributed by atoms with Gasteiger partial charge in [-0.2, -0.15) is 0 Å². The van der Waals surface area contributed by atoms with Gasteiger partial charge in [-0.25, -0.2) is 0 Å². The van der Waals surface area contributed by atoms with E-state index in [-0.39, 0.29) is 22.1 Å². The number of anilines is 1. The smallest absolute Gasteiger partial charge is 0.294 e. The van der Waals surface area contributed by atoms with Crippen molar-refractivity contribution in [2.24, 2.45) is 0 Å². The molecule has 3 aromatic carbocycles. The van der Waals surface area contributed by atoms with Crippen LogP contribution >= 0.6 is 23.2 Å². The van der Waals surface area contributed by atoms with Crippen LogP contribution in [0.4, 0.5) is 5.69 Å². The fraction of sp³-hybridized carbons (Fsp3) is 0.0400. The first kappa shape index (κ1) is 21.1. The number of aliphatic hydroxyl groups is 1. The molecule has 164 valence electrons. The van der Waals surface area contributed by atoms with Crippen LogP contribution in [0.1, 0.15) is 22.2 Å². The number of nitrogens with zero attached hydrogens (tertiary/aromatic N) is 1. The van der Waals surface area contributed by atoms with Gasteiger partial charge < -0.3 is 14.6 Å². The molecule has 1 aliphatic rings. The number of hydrogen-bond acceptors (Lipinski definition) is 5. The second-order valence-corrected chi connectivity index (χ2v) is 8.35. The molecule has 1 aliphatic heterocycles. The van der Waals surface area contributed by atoms with Gasteiger partial charge in [0.05, 0.1) is 16.6 Å². The third-order valence-corrected chi connectivity index (χ3v) is 6.01. The molecular formula is C25H15Cl2NO5. The lowest BCUT2D eigenvalue weighted by molar-refractivity contribution is -0.117. The van der Waals surface area contributed by atoms with Crippen molar-refractivity contribution < 1.29 is 24.2 Å². The number of rotatable bonds is 4. The van der Waals surface area contributed by atoms with Crippen molar-refractivity contribution in [3.8, 4) is 5.75 Å². The molecule has 1 atom stereocenters. The summed E-state index contributed by atoms with van der Waals surface area (Å²) >= 11 is 12.3. The first-order valence-corrected chi connectivity index (χ1v) is 10.6. The molecule has 2 heterocycles. The zero-order chi connectivity index (χ0) is 23.3. The van der Waals surface area contributed by atoms with Crippen molar-refractivity contribution in [2.75, 3.05) is 4.90 Å². The van der Waals surface area contributed by atoms with Crippen molar-refractivity contribution in [2.45, 2.75) is 6.04 Å². The second kappa shape index (κ2) is 7.99. The number of fused-ring (bicyclic) bond motifs is 1. The second-order valence-electron chi connectivity index (χ2n) is 7.51. The van der Waals surface area contributed by atoms with E-state index < -0.39 is 23.5 Å². The first-order chi connectivity index (χ1) is 15.8. The average Bonchev–Trinajstić information content (AvgIpc) is 3.34. The van der Waals surface area contributed by atoms with Crippen LogP contribution in [-0.4, -0.2) is 21.9 Å². The molecule has 8 heteroatoms. The van der Waals surface area contributed by atoms with Crippen molar-refractivity contribution in [1.82, 2.24) is 0 Å². The third-order valence-electron chi connectivity index (χ3n) is 5.48. The number of hydrogen-bond donors (Lipinski definition) is 2. The monoisotopic (exact) mass is 479 g/mol. The maximum absolute atomic E-state index is 13.6. The van der Waals surface area contributed by atoms with E-state index in [9.17, 15) is 19.8 Å². The summed E-state index contributed by atoms with van der Waals surface area (Å²) in [7, 11) is 0. The van der Waals surface area contributed by atoms with Crippen LogP contribution in [0.3, 0.4) is 0 Å². The van der Waals surface area contributed by atoms with Gasteiger partial charge in [0.15, 0.2) is 11.5 Å². The standard InChI is InChI=1S/C25H15Cl2NO5/c26-15-5-3-6-16(12-15)28-22(14-8-9-18(29)17(27)10-14)21(24(31)25(28)32)23(30)20-11-13-4-1-2-7-19(13)33-20/h1-12,22,29,31H. The minimum Gasteiger partial charge on any atom is -0.506 e. The summed E-state index contributed by atoms with van der Waals surface area (Å²) < 4.78 is 5.70. The molecule has 0 saturated heterocycles. The lowest BCUT2D eigenvalue weighted by Crippen LogP contribution is -2.31. The van der Waals surface area contributed by atoms with Gasteiger partial charge in [-0.1, -0.05) is 53.5 Å². The highest BCUT2D eigenvalue weighted by Crippen LogP contribution is 2.44. The largest absolute Gasteiger partial charge is 0.506 e. The first-order valence-electron chi connectivity index (χ1n) is 9.89. The van der Waals surface area contributed by atoms with E-state index in [0.717, 1.165) is 0 Å². The fourth-order valence-electron chi connectivity index (χ4n) is 3.96. The van der Waals surface area contributed by atoms with Gasteiger partial charge in [-0.3, -0.25) is 14.5 Å². The number of phenols is 1. The van der Waals surface area contributed by atoms with E-state index in [1.807, 2.05) is 6.07 Å². The predicted molar refractivity (Wildman–Crippen MR) is 125 cm³/mol. The van der Waals surface area contributed by atoms with Crippen molar-refractivity contribution in [1.29, 1.82) is 0 Å². The highest BCUT2D eigenvalue weighted by atomic mass is 35.5. The summed E-state index contributed by atoms with van der Waals surface area (Å²) in [5.74, 6) is -2.29. The summed E-state index contributed by atoms with van der Waals surface area (Å²) in [5, 5.41) is 21.8. The number of amides is 1. The zero-order valence-electron chi connectivity index (χ0n) is 16.8. The molecule has 5 rings (SSSR count). The summed E-state index contributed by atoms with van der Waals surface area (Å²) in [4.78, 5) is 28.0. The molecule has 0 fully saturated rings. The Bertz CT molecular complexity index is 1440. The highest BCUT2D eigenvalue weighted by Gasteiger charge is 2.45. The van der Waals surface area contributed by atoms with Gasteiger partial charge in [-0.05, 0) is 48.0 Å². The molecule has 6 nitrogen and oxygen atoms in total. The number of carbonyl (C=O) groups is 2. The van der Waals surface area contributed by atoms with E-state index in [1.165, 1.54) is 23.1 Å². The van der Waals surface area contributed by atoms with Crippen LogP contribution < -0.4 is 4.90 Å². The number of para-hydroxylation sites is 1. The Balaban J connectivity index is 1.69. The zero-order valence-corrected chi connectivity index (χ0v) is 18.3. The van der Waals surface area contributed by atoms with E-state index in [4.69, 9.17) is 27.6 Å². The minimum absolute atomic E-state index is 0.0200. The maximum atomic E-state index is 13.6. The molecule has 0 saturated carbocycles. The Morgan fingerprint density at radius 1 is 0.939 bits per heavy atom. The Labute approximate surface area is 197 Å². The van der Waals surface area contributed by atoms with Gasteiger partial charge in [0.25, 0.3) is 5.91 Å². The normalized spacial score (nSPS) is 16.1. The van der Waals surface area contributed by atoms with Crippen LogP contribution in [0.5, 0.6) is 5.75 Å². The molecule has 0 spiro atoms. The van der Waals surface area contributed by atoms with Gasteiger partial charge in [-0.15, -0.1) is 0 Å². The van der Waals surface area contributed by atoms with Crippen molar-refractivity contribution in [3.63, 3.8) is 0 Å². The molecular weight excluding hydrogens is 465 g/mol. The van der Waals surface area contributed by atoms with Gasteiger partial charge in [0, 0.05) is 16.1 Å². The number of carbonyl (C=O) groups excluding carboxylic acids is 2. The lowest BCUT2D eigenvalue weighted by atomic mass is 9.94. The van der Waals surface area contributed by atoms with Gasteiger partial charge >= 0.3 is 0 Å². The summed E-state index contributed by atoms with van der Waals surface area (Å²) in [6.07, 6.45) is 0. The Morgan fingerprint density at radius 2 is 1.73 bits per heavy atom. The minimum atomic E-state index is -1.03. The number of Topliss-reactive ketones (excluding diaryl/α,β-unsaturated/α-hetero) is 1. The van der Waals surface area contributed by atoms with Crippen LogP contribution in [0.25, 0.3) is 11.0 Å². The van der Waals surface area contributed by atoms with Gasteiger partial charge in [0.1, 0.15) is 11.3 Å². The van der Waals surface area contributed by atoms with Gasteiger partial charge in [0.2, 0.25) is 5.78 Å². The number of benzene rings is 3. The fourth-order valence-corrected chi connectivity index (χ4v) is 4.34. The van der Waals surface area contributed by atoms with E-state index >= 15 is 0 Å². The van der Waals surface area contributed by atoms with Crippen molar-refractivity contribution in [3.05, 3.63) is 105 Å². The Kier molecular flexibility index (Phi) is 5.12. The SMILES string of the molecule is O=C(C1=C(O)C(=O)N(c2cccc(Cl)c2)C1c1ccc(O)c(Cl)c1)c1cc2ccccc2o1. The van der Waals surface area contributed by atoms with Crippen molar-refractivity contribution >= 4 is 51.5 Å². The number of ketones is 1. The topological polar surface area (TPSA) is 91.0 Å².